The van der Waals surface area contributed by atoms with Crippen molar-refractivity contribution in [3.05, 3.63) is 88.4 Å². The van der Waals surface area contributed by atoms with Crippen LogP contribution < -0.4 is 14.4 Å². The van der Waals surface area contributed by atoms with Gasteiger partial charge in [0.05, 0.1) is 22.7 Å². The molecule has 0 radical (unpaired) electrons. The number of benzene rings is 3. The Hall–Kier alpha value is -3.27. The molecule has 214 valence electrons. The second-order valence-corrected chi connectivity index (χ2v) is 11.8. The molecule has 11 heteroatoms. The highest BCUT2D eigenvalue weighted by Crippen LogP contribution is 2.33. The van der Waals surface area contributed by atoms with E-state index in [-0.39, 0.29) is 33.1 Å². The Bertz CT molecular complexity index is 1400. The van der Waals surface area contributed by atoms with Crippen LogP contribution in [0.3, 0.4) is 0 Å². The van der Waals surface area contributed by atoms with Gasteiger partial charge in [-0.3, -0.25) is 13.9 Å². The first-order chi connectivity index (χ1) is 19.1. The third-order valence-electron chi connectivity index (χ3n) is 6.30. The molecule has 8 nitrogen and oxygen atoms in total. The fraction of sp³-hybridized carbons (Fsp3) is 0.310. The highest BCUT2D eigenvalue weighted by atomic mass is 35.5. The first-order valence-electron chi connectivity index (χ1n) is 12.8. The van der Waals surface area contributed by atoms with Crippen LogP contribution in [-0.2, 0) is 26.2 Å². The first-order valence-corrected chi connectivity index (χ1v) is 15.0. The number of anilines is 1. The van der Waals surface area contributed by atoms with Crippen LogP contribution in [0.15, 0.2) is 77.7 Å². The summed E-state index contributed by atoms with van der Waals surface area (Å²) in [6.07, 6.45) is 1.69. The Morgan fingerprint density at radius 2 is 1.68 bits per heavy atom. The van der Waals surface area contributed by atoms with Gasteiger partial charge < -0.3 is 15.0 Å². The van der Waals surface area contributed by atoms with E-state index >= 15 is 0 Å². The second-order valence-electron chi connectivity index (χ2n) is 9.11. The van der Waals surface area contributed by atoms with Gasteiger partial charge >= 0.3 is 0 Å². The fourth-order valence-electron chi connectivity index (χ4n) is 3.96. The van der Waals surface area contributed by atoms with E-state index in [2.05, 4.69) is 5.32 Å². The average Bonchev–Trinajstić information content (AvgIpc) is 2.96. The zero-order valence-corrected chi connectivity index (χ0v) is 25.0. The minimum absolute atomic E-state index is 0.0223. The van der Waals surface area contributed by atoms with Crippen molar-refractivity contribution < 1.29 is 22.7 Å². The van der Waals surface area contributed by atoms with Crippen LogP contribution in [0.5, 0.6) is 5.75 Å². The molecule has 0 aliphatic carbocycles. The van der Waals surface area contributed by atoms with Gasteiger partial charge in [-0.25, -0.2) is 8.42 Å². The number of carbonyl (C=O) groups excluding carboxylic acids is 2. The van der Waals surface area contributed by atoms with E-state index in [4.69, 9.17) is 27.9 Å². The van der Waals surface area contributed by atoms with Gasteiger partial charge in [-0.1, -0.05) is 66.9 Å². The normalized spacial score (nSPS) is 11.9. The van der Waals surface area contributed by atoms with Gasteiger partial charge in [0.2, 0.25) is 11.8 Å². The summed E-state index contributed by atoms with van der Waals surface area (Å²) in [7, 11) is -2.69. The molecule has 0 unspecified atom stereocenters. The molecule has 1 N–H and O–H groups in total. The molecule has 0 bridgehead atoms. The smallest absolute Gasteiger partial charge is 0.264 e. The van der Waals surface area contributed by atoms with E-state index in [1.165, 1.54) is 35.2 Å². The van der Waals surface area contributed by atoms with Crippen molar-refractivity contribution in [3.63, 3.8) is 0 Å². The maximum Gasteiger partial charge on any atom is 0.264 e. The highest BCUT2D eigenvalue weighted by molar-refractivity contribution is 7.92. The van der Waals surface area contributed by atoms with Crippen molar-refractivity contribution in [3.8, 4) is 5.75 Å². The van der Waals surface area contributed by atoms with Crippen LogP contribution >= 0.6 is 23.2 Å². The molecular formula is C29H33Cl2N3O5S. The number of rotatable bonds is 13. The summed E-state index contributed by atoms with van der Waals surface area (Å²) in [5.41, 5.74) is 0.788. The molecule has 0 spiro atoms. The molecule has 0 aliphatic rings. The largest absolute Gasteiger partial charge is 0.497 e. The van der Waals surface area contributed by atoms with Gasteiger partial charge in [0, 0.05) is 18.1 Å². The monoisotopic (exact) mass is 605 g/mol. The van der Waals surface area contributed by atoms with E-state index in [0.29, 0.717) is 12.3 Å². The SMILES string of the molecule is CCCCNC(=O)[C@H](C)N(Cc1ccc(OC)cc1)C(=O)CN(c1cc(Cl)ccc1Cl)S(=O)(=O)c1ccccc1. The standard InChI is InChI=1S/C29H33Cl2N3O5S/c1-4-5-17-32-29(36)21(2)33(19-22-11-14-24(39-3)15-12-22)28(35)20-34(27-18-23(30)13-16-26(27)31)40(37,38)25-9-7-6-8-10-25/h6-16,18,21H,4-5,17,19-20H2,1-3H3,(H,32,36)/t21-/m0/s1. The van der Waals surface area contributed by atoms with Crippen LogP contribution in [0, 0.1) is 0 Å². The minimum atomic E-state index is -4.24. The van der Waals surface area contributed by atoms with Crippen molar-refractivity contribution in [2.45, 2.75) is 44.2 Å². The number of hydrogen-bond donors (Lipinski definition) is 1. The summed E-state index contributed by atoms with van der Waals surface area (Å²) < 4.78 is 33.8. The van der Waals surface area contributed by atoms with E-state index in [0.717, 1.165) is 22.7 Å². The molecule has 2 amide bonds. The zero-order valence-electron chi connectivity index (χ0n) is 22.6. The molecule has 3 aromatic rings. The number of nitrogens with zero attached hydrogens (tertiary/aromatic N) is 2. The van der Waals surface area contributed by atoms with Gasteiger partial charge in [0.15, 0.2) is 0 Å². The minimum Gasteiger partial charge on any atom is -0.497 e. The van der Waals surface area contributed by atoms with Crippen molar-refractivity contribution in [1.29, 1.82) is 0 Å². The lowest BCUT2D eigenvalue weighted by molar-refractivity contribution is -0.139. The van der Waals surface area contributed by atoms with Crippen LogP contribution in [0.1, 0.15) is 32.3 Å². The first kappa shape index (κ1) is 31.3. The number of unbranched alkanes of at least 4 members (excludes halogenated alkanes) is 1. The summed E-state index contributed by atoms with van der Waals surface area (Å²) >= 11 is 12.6. The summed E-state index contributed by atoms with van der Waals surface area (Å²) in [6.45, 7) is 3.55. The molecule has 40 heavy (non-hydrogen) atoms. The Labute approximate surface area is 245 Å². The third-order valence-corrected chi connectivity index (χ3v) is 8.62. The van der Waals surface area contributed by atoms with E-state index in [1.54, 1.807) is 56.5 Å². The summed E-state index contributed by atoms with van der Waals surface area (Å²) in [4.78, 5) is 28.3. The van der Waals surface area contributed by atoms with Crippen LogP contribution in [-0.4, -0.2) is 51.4 Å². The predicted octanol–water partition coefficient (Wildman–Crippen LogP) is 5.53. The molecule has 3 rings (SSSR count). The van der Waals surface area contributed by atoms with Crippen molar-refractivity contribution in [2.24, 2.45) is 0 Å². The third kappa shape index (κ3) is 7.90. The number of methoxy groups -OCH3 is 1. The molecular weight excluding hydrogens is 573 g/mol. The Morgan fingerprint density at radius 1 is 1.00 bits per heavy atom. The van der Waals surface area contributed by atoms with Crippen molar-refractivity contribution in [1.82, 2.24) is 10.2 Å². The topological polar surface area (TPSA) is 96.0 Å². The summed E-state index contributed by atoms with van der Waals surface area (Å²) in [6, 6.07) is 18.3. The quantitative estimate of drug-likeness (QED) is 0.258. The van der Waals surface area contributed by atoms with Gasteiger partial charge in [0.25, 0.3) is 10.0 Å². The number of hydrogen-bond acceptors (Lipinski definition) is 5. The molecule has 0 heterocycles. The molecule has 0 aliphatic heterocycles. The van der Waals surface area contributed by atoms with Crippen molar-refractivity contribution in [2.75, 3.05) is 24.5 Å². The molecule has 0 fully saturated rings. The molecule has 3 aromatic carbocycles. The highest BCUT2D eigenvalue weighted by Gasteiger charge is 2.33. The van der Waals surface area contributed by atoms with Gasteiger partial charge in [0.1, 0.15) is 18.3 Å². The maximum atomic E-state index is 13.9. The summed E-state index contributed by atoms with van der Waals surface area (Å²) in [5.74, 6) is -0.291. The number of sulfonamides is 1. The van der Waals surface area contributed by atoms with Crippen LogP contribution in [0.4, 0.5) is 5.69 Å². The average molecular weight is 607 g/mol. The van der Waals surface area contributed by atoms with Gasteiger partial charge in [-0.15, -0.1) is 0 Å². The number of ether oxygens (including phenoxy) is 1. The maximum absolute atomic E-state index is 13.9. The van der Waals surface area contributed by atoms with E-state index < -0.39 is 28.5 Å². The number of nitrogens with one attached hydrogen (secondary N) is 1. The lowest BCUT2D eigenvalue weighted by Gasteiger charge is -2.32. The second kappa shape index (κ2) is 14.4. The molecule has 0 saturated carbocycles. The lowest BCUT2D eigenvalue weighted by Crippen LogP contribution is -2.51. The summed E-state index contributed by atoms with van der Waals surface area (Å²) in [5, 5.41) is 3.21. The Balaban J connectivity index is 2.02. The van der Waals surface area contributed by atoms with Crippen LogP contribution in [0.2, 0.25) is 10.0 Å². The van der Waals surface area contributed by atoms with E-state index in [1.807, 2.05) is 6.92 Å². The molecule has 0 saturated heterocycles. The Morgan fingerprint density at radius 3 is 2.30 bits per heavy atom. The predicted molar refractivity (Wildman–Crippen MR) is 158 cm³/mol. The number of carbonyl (C=O) groups is 2. The van der Waals surface area contributed by atoms with Gasteiger partial charge in [-0.2, -0.15) is 0 Å². The lowest BCUT2D eigenvalue weighted by atomic mass is 10.1. The fourth-order valence-corrected chi connectivity index (χ4v) is 5.84. The molecule has 0 aromatic heterocycles. The van der Waals surface area contributed by atoms with E-state index in [9.17, 15) is 18.0 Å². The number of halogens is 2. The Kier molecular flexibility index (Phi) is 11.2. The number of amides is 2. The van der Waals surface area contributed by atoms with Gasteiger partial charge in [-0.05, 0) is 61.4 Å². The van der Waals surface area contributed by atoms with Crippen LogP contribution in [0.25, 0.3) is 0 Å². The molecule has 1 atom stereocenters. The zero-order chi connectivity index (χ0) is 29.3. The van der Waals surface area contributed by atoms with Crippen molar-refractivity contribution >= 4 is 50.7 Å².